The van der Waals surface area contributed by atoms with Gasteiger partial charge in [-0.2, -0.15) is 0 Å². The highest BCUT2D eigenvalue weighted by molar-refractivity contribution is 9.10. The van der Waals surface area contributed by atoms with Crippen molar-refractivity contribution in [1.82, 2.24) is 9.38 Å². The summed E-state index contributed by atoms with van der Waals surface area (Å²) in [6, 6.07) is 13.3. The maximum absolute atomic E-state index is 12.4. The number of carbonyl (C=O) groups is 1. The number of rotatable bonds is 3. The minimum atomic E-state index is -0.290. The third-order valence-corrected chi connectivity index (χ3v) is 4.68. The molecule has 0 fully saturated rings. The van der Waals surface area contributed by atoms with E-state index in [4.69, 9.17) is 9.40 Å². The normalized spacial score (nSPS) is 11.0. The first-order valence-corrected chi connectivity index (χ1v) is 8.92. The third-order valence-electron chi connectivity index (χ3n) is 4.26. The van der Waals surface area contributed by atoms with Crippen molar-refractivity contribution in [3.63, 3.8) is 0 Å². The Hall–Kier alpha value is -2.86. The monoisotopic (exact) mass is 409 g/mol. The molecule has 5 nitrogen and oxygen atoms in total. The minimum absolute atomic E-state index is 0.255. The van der Waals surface area contributed by atoms with Crippen molar-refractivity contribution in [1.29, 1.82) is 0 Å². The van der Waals surface area contributed by atoms with E-state index in [0.29, 0.717) is 4.67 Å². The average molecular weight is 410 g/mol. The van der Waals surface area contributed by atoms with Crippen LogP contribution in [-0.4, -0.2) is 15.3 Å². The Balaban J connectivity index is 1.69. The highest BCUT2D eigenvalue weighted by atomic mass is 79.9. The predicted molar refractivity (Wildman–Crippen MR) is 104 cm³/mol. The Morgan fingerprint density at radius 3 is 2.73 bits per heavy atom. The van der Waals surface area contributed by atoms with Crippen molar-refractivity contribution < 1.29 is 9.21 Å². The molecule has 0 spiro atoms. The van der Waals surface area contributed by atoms with Crippen molar-refractivity contribution in [3.05, 3.63) is 76.4 Å². The maximum Gasteiger partial charge on any atom is 0.291 e. The molecule has 3 aromatic heterocycles. The number of imidazole rings is 1. The van der Waals surface area contributed by atoms with Gasteiger partial charge >= 0.3 is 0 Å². The first-order valence-electron chi connectivity index (χ1n) is 8.13. The Morgan fingerprint density at radius 2 is 2.00 bits per heavy atom. The van der Waals surface area contributed by atoms with Crippen LogP contribution in [0.1, 0.15) is 21.7 Å². The molecule has 1 N–H and O–H groups in total. The smallest absolute Gasteiger partial charge is 0.291 e. The molecule has 0 saturated carbocycles. The number of hydrogen-bond acceptors (Lipinski definition) is 3. The molecule has 1 amide bonds. The lowest BCUT2D eigenvalue weighted by molar-refractivity contribution is 0.0995. The number of nitrogens with one attached hydrogen (secondary N) is 1. The van der Waals surface area contributed by atoms with Crippen LogP contribution in [0, 0.1) is 13.8 Å². The number of fused-ring (bicyclic) bond motifs is 1. The molecular formula is C20H16BrN3O2. The fourth-order valence-electron chi connectivity index (χ4n) is 2.83. The van der Waals surface area contributed by atoms with Gasteiger partial charge in [-0.3, -0.25) is 4.79 Å². The van der Waals surface area contributed by atoms with Crippen LogP contribution in [0.5, 0.6) is 0 Å². The van der Waals surface area contributed by atoms with E-state index in [-0.39, 0.29) is 11.7 Å². The zero-order chi connectivity index (χ0) is 18.3. The summed E-state index contributed by atoms with van der Waals surface area (Å²) < 4.78 is 7.84. The van der Waals surface area contributed by atoms with Crippen LogP contribution in [-0.2, 0) is 0 Å². The molecule has 0 unspecified atom stereocenters. The largest absolute Gasteiger partial charge is 0.444 e. The lowest BCUT2D eigenvalue weighted by Gasteiger charge is -2.09. The van der Waals surface area contributed by atoms with E-state index in [1.807, 2.05) is 61.0 Å². The Morgan fingerprint density at radius 1 is 1.15 bits per heavy atom. The summed E-state index contributed by atoms with van der Waals surface area (Å²) in [4.78, 5) is 17.1. The second kappa shape index (κ2) is 6.46. The number of carbonyl (C=O) groups excluding carboxylic acids is 1. The quantitative estimate of drug-likeness (QED) is 0.504. The van der Waals surface area contributed by atoms with Gasteiger partial charge in [0.15, 0.2) is 10.4 Å². The van der Waals surface area contributed by atoms with E-state index in [2.05, 4.69) is 21.2 Å². The summed E-state index contributed by atoms with van der Waals surface area (Å²) in [5, 5.41) is 2.91. The number of hydrogen-bond donors (Lipinski definition) is 1. The number of amides is 1. The molecule has 26 heavy (non-hydrogen) atoms. The first kappa shape index (κ1) is 16.6. The van der Waals surface area contributed by atoms with Crippen LogP contribution in [0.15, 0.2) is 63.9 Å². The lowest BCUT2D eigenvalue weighted by atomic mass is 10.1. The summed E-state index contributed by atoms with van der Waals surface area (Å²) in [5.41, 5.74) is 5.53. The average Bonchev–Trinajstić information content (AvgIpc) is 3.24. The van der Waals surface area contributed by atoms with Gasteiger partial charge in [0.05, 0.1) is 5.69 Å². The van der Waals surface area contributed by atoms with Gasteiger partial charge in [0.25, 0.3) is 5.91 Å². The molecule has 0 atom stereocenters. The van der Waals surface area contributed by atoms with Gasteiger partial charge in [0, 0.05) is 23.6 Å². The SMILES string of the molecule is Cc1ccc(-c2cn3cccc(C)c3n2)cc1NC(=O)c1ccc(Br)o1. The maximum atomic E-state index is 12.4. The van der Waals surface area contributed by atoms with E-state index in [1.54, 1.807) is 12.1 Å². The van der Waals surface area contributed by atoms with E-state index >= 15 is 0 Å². The third kappa shape index (κ3) is 3.04. The zero-order valence-electron chi connectivity index (χ0n) is 14.3. The number of furan rings is 1. The number of halogens is 1. The van der Waals surface area contributed by atoms with Crippen LogP contribution in [0.4, 0.5) is 5.69 Å². The molecule has 0 radical (unpaired) electrons. The molecule has 0 aliphatic carbocycles. The zero-order valence-corrected chi connectivity index (χ0v) is 15.9. The van der Waals surface area contributed by atoms with Crippen LogP contribution < -0.4 is 5.32 Å². The van der Waals surface area contributed by atoms with Crippen LogP contribution in [0.25, 0.3) is 16.9 Å². The van der Waals surface area contributed by atoms with Gasteiger partial charge in [-0.05, 0) is 65.2 Å². The van der Waals surface area contributed by atoms with E-state index in [9.17, 15) is 4.79 Å². The lowest BCUT2D eigenvalue weighted by Crippen LogP contribution is -2.11. The van der Waals surface area contributed by atoms with Gasteiger partial charge in [-0.25, -0.2) is 4.98 Å². The van der Waals surface area contributed by atoms with Crippen molar-refractivity contribution in [2.24, 2.45) is 0 Å². The van der Waals surface area contributed by atoms with E-state index < -0.39 is 0 Å². The molecule has 6 heteroatoms. The molecule has 0 bridgehead atoms. The first-order chi connectivity index (χ1) is 12.5. The second-order valence-electron chi connectivity index (χ2n) is 6.14. The Labute approximate surface area is 158 Å². The van der Waals surface area contributed by atoms with Gasteiger partial charge in [0.2, 0.25) is 0 Å². The van der Waals surface area contributed by atoms with E-state index in [0.717, 1.165) is 33.7 Å². The van der Waals surface area contributed by atoms with E-state index in [1.165, 1.54) is 0 Å². The number of aromatic nitrogens is 2. The molecule has 0 aliphatic rings. The van der Waals surface area contributed by atoms with Crippen molar-refractivity contribution in [2.75, 3.05) is 5.32 Å². The fourth-order valence-corrected chi connectivity index (χ4v) is 3.14. The molecule has 1 aromatic carbocycles. The summed E-state index contributed by atoms with van der Waals surface area (Å²) in [7, 11) is 0. The van der Waals surface area contributed by atoms with Gasteiger partial charge in [-0.15, -0.1) is 0 Å². The Bertz CT molecular complexity index is 1130. The highest BCUT2D eigenvalue weighted by Crippen LogP contribution is 2.26. The second-order valence-corrected chi connectivity index (χ2v) is 6.92. The topological polar surface area (TPSA) is 59.5 Å². The summed E-state index contributed by atoms with van der Waals surface area (Å²) in [6.45, 7) is 3.99. The molecule has 4 rings (SSSR count). The van der Waals surface area contributed by atoms with Crippen molar-refractivity contribution >= 4 is 33.2 Å². The summed E-state index contributed by atoms with van der Waals surface area (Å²) >= 11 is 3.21. The number of benzene rings is 1. The molecule has 4 aromatic rings. The summed E-state index contributed by atoms with van der Waals surface area (Å²) in [5.74, 6) is -0.0353. The number of pyridine rings is 1. The minimum Gasteiger partial charge on any atom is -0.444 e. The van der Waals surface area contributed by atoms with Gasteiger partial charge < -0.3 is 14.1 Å². The molecular weight excluding hydrogens is 394 g/mol. The predicted octanol–water partition coefficient (Wildman–Crippen LogP) is 5.23. The number of nitrogens with zero attached hydrogens (tertiary/aromatic N) is 2. The van der Waals surface area contributed by atoms with Crippen LogP contribution in [0.3, 0.4) is 0 Å². The van der Waals surface area contributed by atoms with Crippen molar-refractivity contribution in [3.8, 4) is 11.3 Å². The van der Waals surface area contributed by atoms with Crippen LogP contribution in [0.2, 0.25) is 0 Å². The van der Waals surface area contributed by atoms with Gasteiger partial charge in [-0.1, -0.05) is 18.2 Å². The Kier molecular flexibility index (Phi) is 4.12. The molecule has 0 aliphatic heterocycles. The standard InChI is InChI=1S/C20H16BrN3O2/c1-12-5-6-14(16-11-24-9-3-4-13(2)19(24)22-16)10-15(12)23-20(25)17-7-8-18(21)26-17/h3-11H,1-2H3,(H,23,25). The fraction of sp³-hybridized carbons (Fsp3) is 0.100. The number of anilines is 1. The molecule has 3 heterocycles. The van der Waals surface area contributed by atoms with Gasteiger partial charge in [0.1, 0.15) is 5.65 Å². The summed E-state index contributed by atoms with van der Waals surface area (Å²) in [6.07, 6.45) is 3.97. The van der Waals surface area contributed by atoms with Crippen molar-refractivity contribution in [2.45, 2.75) is 13.8 Å². The molecule has 130 valence electrons. The number of aryl methyl sites for hydroxylation is 2. The highest BCUT2D eigenvalue weighted by Gasteiger charge is 2.13. The molecule has 0 saturated heterocycles. The van der Waals surface area contributed by atoms with Crippen LogP contribution >= 0.6 is 15.9 Å².